The van der Waals surface area contributed by atoms with Gasteiger partial charge in [0.1, 0.15) is 0 Å². The summed E-state index contributed by atoms with van der Waals surface area (Å²) in [6, 6.07) is 5.00. The summed E-state index contributed by atoms with van der Waals surface area (Å²) in [5.74, 6) is 1.24. The minimum Gasteiger partial charge on any atom is -0.378 e. The molecule has 2 saturated heterocycles. The van der Waals surface area contributed by atoms with Gasteiger partial charge in [-0.2, -0.15) is 28.1 Å². The molecule has 0 spiro atoms. The van der Waals surface area contributed by atoms with Gasteiger partial charge in [0.15, 0.2) is 0 Å². The van der Waals surface area contributed by atoms with Crippen LogP contribution in [0, 0.1) is 0 Å². The van der Waals surface area contributed by atoms with E-state index in [-0.39, 0.29) is 24.0 Å². The largest absolute Gasteiger partial charge is 0.416 e. The fourth-order valence-corrected chi connectivity index (χ4v) is 3.36. The fourth-order valence-electron chi connectivity index (χ4n) is 3.36. The van der Waals surface area contributed by atoms with Crippen LogP contribution in [0.25, 0.3) is 0 Å². The second-order valence-corrected chi connectivity index (χ2v) is 7.35. The number of nitrogens with zero attached hydrogens (tertiary/aromatic N) is 6. The van der Waals surface area contributed by atoms with Crippen LogP contribution < -0.4 is 15.1 Å². The Morgan fingerprint density at radius 3 is 2.13 bits per heavy atom. The topological polar surface area (TPSA) is 69.7 Å². The molecule has 31 heavy (non-hydrogen) atoms. The number of ether oxygens (including phenoxy) is 1. The molecule has 1 aromatic heterocycles. The lowest BCUT2D eigenvalue weighted by Crippen LogP contribution is -2.45. The smallest absolute Gasteiger partial charge is 0.378 e. The first-order chi connectivity index (χ1) is 14.4. The van der Waals surface area contributed by atoms with Gasteiger partial charge < -0.3 is 24.8 Å². The number of anilines is 4. The van der Waals surface area contributed by atoms with E-state index in [0.29, 0.717) is 38.2 Å². The SMILES string of the molecule is CN1CCN(c2nc(Nc3cccc(C(F)(F)F)c3)nc(N3CCOCC3)n2)CC1.Cl. The number of hydrogen-bond donors (Lipinski definition) is 1. The summed E-state index contributed by atoms with van der Waals surface area (Å²) in [7, 11) is 2.06. The quantitative estimate of drug-likeness (QED) is 0.748. The Morgan fingerprint density at radius 2 is 1.52 bits per heavy atom. The van der Waals surface area contributed by atoms with Crippen molar-refractivity contribution in [3.63, 3.8) is 0 Å². The minimum atomic E-state index is -4.42. The molecule has 0 radical (unpaired) electrons. The van der Waals surface area contributed by atoms with E-state index < -0.39 is 11.7 Å². The summed E-state index contributed by atoms with van der Waals surface area (Å²) in [4.78, 5) is 19.9. The van der Waals surface area contributed by atoms with Crippen LogP contribution in [0.4, 0.5) is 36.7 Å². The van der Waals surface area contributed by atoms with Crippen molar-refractivity contribution < 1.29 is 17.9 Å². The molecule has 1 N–H and O–H groups in total. The molecule has 2 aliphatic heterocycles. The van der Waals surface area contributed by atoms with Crippen molar-refractivity contribution in [2.45, 2.75) is 6.18 Å². The number of piperazine rings is 1. The van der Waals surface area contributed by atoms with Crippen LogP contribution in [0.3, 0.4) is 0 Å². The van der Waals surface area contributed by atoms with Crippen LogP contribution in [0.5, 0.6) is 0 Å². The Kier molecular flexibility index (Phi) is 7.39. The Bertz CT molecular complexity index is 872. The van der Waals surface area contributed by atoms with Gasteiger partial charge in [0.05, 0.1) is 18.8 Å². The zero-order chi connectivity index (χ0) is 21.1. The molecule has 0 atom stereocenters. The normalized spacial score (nSPS) is 17.9. The number of rotatable bonds is 4. The van der Waals surface area contributed by atoms with Crippen molar-refractivity contribution in [2.75, 3.05) is 74.6 Å². The molecule has 3 heterocycles. The van der Waals surface area contributed by atoms with Gasteiger partial charge in [-0.1, -0.05) is 6.07 Å². The van der Waals surface area contributed by atoms with Gasteiger partial charge >= 0.3 is 6.18 Å². The van der Waals surface area contributed by atoms with Gasteiger partial charge in [-0.05, 0) is 25.2 Å². The van der Waals surface area contributed by atoms with Crippen LogP contribution in [-0.4, -0.2) is 79.4 Å². The summed E-state index contributed by atoms with van der Waals surface area (Å²) in [5, 5.41) is 2.93. The molecule has 2 aromatic rings. The number of alkyl halides is 3. The monoisotopic (exact) mass is 459 g/mol. The number of aromatic nitrogens is 3. The molecule has 170 valence electrons. The number of benzene rings is 1. The highest BCUT2D eigenvalue weighted by Gasteiger charge is 2.30. The van der Waals surface area contributed by atoms with Crippen molar-refractivity contribution in [1.29, 1.82) is 0 Å². The van der Waals surface area contributed by atoms with E-state index in [1.165, 1.54) is 6.07 Å². The van der Waals surface area contributed by atoms with Crippen molar-refractivity contribution in [3.8, 4) is 0 Å². The van der Waals surface area contributed by atoms with Crippen LogP contribution in [0.2, 0.25) is 0 Å². The number of likely N-dealkylation sites (N-methyl/N-ethyl adjacent to an activating group) is 1. The van der Waals surface area contributed by atoms with E-state index in [4.69, 9.17) is 4.74 Å². The van der Waals surface area contributed by atoms with E-state index in [9.17, 15) is 13.2 Å². The first kappa shape index (κ1) is 23.3. The third-order valence-corrected chi connectivity index (χ3v) is 5.14. The van der Waals surface area contributed by atoms with E-state index in [2.05, 4.69) is 37.1 Å². The van der Waals surface area contributed by atoms with Gasteiger partial charge in [0, 0.05) is 45.0 Å². The highest BCUT2D eigenvalue weighted by molar-refractivity contribution is 5.85. The number of morpholine rings is 1. The third-order valence-electron chi connectivity index (χ3n) is 5.14. The van der Waals surface area contributed by atoms with E-state index in [1.807, 2.05) is 4.90 Å². The third kappa shape index (κ3) is 5.86. The van der Waals surface area contributed by atoms with Crippen LogP contribution in [-0.2, 0) is 10.9 Å². The first-order valence-electron chi connectivity index (χ1n) is 9.85. The number of halogens is 4. The van der Waals surface area contributed by atoms with E-state index >= 15 is 0 Å². The zero-order valence-corrected chi connectivity index (χ0v) is 17.9. The molecule has 0 saturated carbocycles. The average Bonchev–Trinajstić information content (AvgIpc) is 2.74. The first-order valence-corrected chi connectivity index (χ1v) is 9.85. The van der Waals surface area contributed by atoms with Crippen molar-refractivity contribution in [1.82, 2.24) is 19.9 Å². The molecule has 4 rings (SSSR count). The lowest BCUT2D eigenvalue weighted by molar-refractivity contribution is -0.137. The molecule has 0 bridgehead atoms. The molecule has 2 aliphatic rings. The molecule has 8 nitrogen and oxygen atoms in total. The van der Waals surface area contributed by atoms with Gasteiger partial charge in [-0.25, -0.2) is 0 Å². The summed E-state index contributed by atoms with van der Waals surface area (Å²) in [6.07, 6.45) is -4.42. The Labute approximate surface area is 184 Å². The fraction of sp³-hybridized carbons (Fsp3) is 0.526. The van der Waals surface area contributed by atoms with E-state index in [1.54, 1.807) is 6.07 Å². The summed E-state index contributed by atoms with van der Waals surface area (Å²) < 4.78 is 44.6. The summed E-state index contributed by atoms with van der Waals surface area (Å²) >= 11 is 0. The maximum atomic E-state index is 13.1. The van der Waals surface area contributed by atoms with Gasteiger partial charge in [-0.15, -0.1) is 12.4 Å². The lowest BCUT2D eigenvalue weighted by Gasteiger charge is -2.33. The van der Waals surface area contributed by atoms with E-state index in [0.717, 1.165) is 38.3 Å². The molecule has 12 heteroatoms. The highest BCUT2D eigenvalue weighted by Crippen LogP contribution is 2.31. The van der Waals surface area contributed by atoms with Crippen LogP contribution >= 0.6 is 12.4 Å². The minimum absolute atomic E-state index is 0. The number of hydrogen-bond acceptors (Lipinski definition) is 8. The second-order valence-electron chi connectivity index (χ2n) is 7.35. The van der Waals surface area contributed by atoms with Gasteiger partial charge in [-0.3, -0.25) is 0 Å². The van der Waals surface area contributed by atoms with Gasteiger partial charge in [0.2, 0.25) is 17.8 Å². The maximum Gasteiger partial charge on any atom is 0.416 e. The van der Waals surface area contributed by atoms with Crippen molar-refractivity contribution in [2.24, 2.45) is 0 Å². The second kappa shape index (κ2) is 9.84. The van der Waals surface area contributed by atoms with Crippen LogP contribution in [0.1, 0.15) is 5.56 Å². The Balaban J connectivity index is 0.00000272. The molecule has 0 unspecified atom stereocenters. The summed E-state index contributed by atoms with van der Waals surface area (Å²) in [5.41, 5.74) is -0.456. The Hall–Kier alpha value is -2.37. The standard InChI is InChI=1S/C19H24F3N7O.ClH/c1-27-5-7-28(8-6-27)17-24-16(25-18(26-17)29-9-11-30-12-10-29)23-15-4-2-3-14(13-15)19(20,21)22;/h2-4,13H,5-12H2,1H3,(H,23,24,25,26);1H. The maximum absolute atomic E-state index is 13.1. The van der Waals surface area contributed by atoms with Crippen molar-refractivity contribution in [3.05, 3.63) is 29.8 Å². The summed E-state index contributed by atoms with van der Waals surface area (Å²) in [6.45, 7) is 5.75. The zero-order valence-electron chi connectivity index (χ0n) is 17.1. The Morgan fingerprint density at radius 1 is 0.903 bits per heavy atom. The van der Waals surface area contributed by atoms with Gasteiger partial charge in [0.25, 0.3) is 0 Å². The molecular formula is C19H25ClF3N7O. The average molecular weight is 460 g/mol. The molecule has 0 amide bonds. The molecular weight excluding hydrogens is 435 g/mol. The molecule has 1 aromatic carbocycles. The number of nitrogens with one attached hydrogen (secondary N) is 1. The highest BCUT2D eigenvalue weighted by atomic mass is 35.5. The molecule has 2 fully saturated rings. The van der Waals surface area contributed by atoms with Crippen LogP contribution in [0.15, 0.2) is 24.3 Å². The predicted octanol–water partition coefficient (Wildman–Crippen LogP) is 2.64. The predicted molar refractivity (Wildman–Crippen MR) is 115 cm³/mol. The van der Waals surface area contributed by atoms with Crippen molar-refractivity contribution >= 4 is 35.9 Å². The lowest BCUT2D eigenvalue weighted by atomic mass is 10.2. The molecule has 0 aliphatic carbocycles.